The van der Waals surface area contributed by atoms with Gasteiger partial charge in [-0.1, -0.05) is 42.5 Å². The third kappa shape index (κ3) is 4.03. The van der Waals surface area contributed by atoms with Gasteiger partial charge in [-0.15, -0.1) is 0 Å². The molecule has 2 aliphatic rings. The third-order valence-corrected chi connectivity index (χ3v) is 7.89. The van der Waals surface area contributed by atoms with Gasteiger partial charge in [-0.2, -0.15) is 0 Å². The number of likely N-dealkylation sites (tertiary alicyclic amines) is 1. The zero-order valence-corrected chi connectivity index (χ0v) is 20.5. The van der Waals surface area contributed by atoms with Crippen molar-refractivity contribution in [3.63, 3.8) is 0 Å². The van der Waals surface area contributed by atoms with Crippen LogP contribution < -0.4 is 4.90 Å². The fourth-order valence-electron chi connectivity index (χ4n) is 5.91. The first-order valence-corrected chi connectivity index (χ1v) is 12.7. The van der Waals surface area contributed by atoms with Crippen LogP contribution in [0.3, 0.4) is 0 Å². The topological polar surface area (TPSA) is 74.5 Å². The van der Waals surface area contributed by atoms with Crippen molar-refractivity contribution in [2.45, 2.75) is 31.4 Å². The largest absolute Gasteiger partial charge is 0.393 e. The number of imidazole rings is 1. The SMILES string of the molecule is CN(CC(=O)N1CCC(C(O)CC2c3ccccc3-c3cncn32)CC1)c1cccc2cccnc12. The molecule has 0 spiro atoms. The van der Waals surface area contributed by atoms with Crippen LogP contribution in [0.2, 0.25) is 0 Å². The predicted molar refractivity (Wildman–Crippen MR) is 141 cm³/mol. The van der Waals surface area contributed by atoms with Gasteiger partial charge in [-0.3, -0.25) is 9.78 Å². The second-order valence-corrected chi connectivity index (χ2v) is 10.0. The van der Waals surface area contributed by atoms with E-state index in [1.807, 2.05) is 59.7 Å². The van der Waals surface area contributed by atoms with Gasteiger partial charge in [-0.05, 0) is 42.9 Å². The number of piperidine rings is 1. The quantitative estimate of drug-likeness (QED) is 0.448. The summed E-state index contributed by atoms with van der Waals surface area (Å²) in [5, 5.41) is 12.3. The Bertz CT molecular complexity index is 1390. The smallest absolute Gasteiger partial charge is 0.242 e. The molecule has 1 saturated heterocycles. The number of hydrogen-bond acceptors (Lipinski definition) is 5. The van der Waals surface area contributed by atoms with Crippen molar-refractivity contribution in [3.05, 3.63) is 78.9 Å². The van der Waals surface area contributed by atoms with Crippen molar-refractivity contribution in [3.8, 4) is 11.3 Å². The van der Waals surface area contributed by atoms with Crippen molar-refractivity contribution >= 4 is 22.5 Å². The van der Waals surface area contributed by atoms with Crippen LogP contribution in [-0.4, -0.2) is 63.2 Å². The van der Waals surface area contributed by atoms with Gasteiger partial charge in [0.05, 0.1) is 48.1 Å². The molecule has 2 unspecified atom stereocenters. The first kappa shape index (κ1) is 22.7. The highest BCUT2D eigenvalue weighted by atomic mass is 16.3. The number of fused-ring (bicyclic) bond motifs is 4. The molecule has 1 fully saturated rings. The number of benzene rings is 2. The average Bonchev–Trinajstić information content (AvgIpc) is 3.51. The molecule has 0 saturated carbocycles. The van der Waals surface area contributed by atoms with Gasteiger partial charge in [0.1, 0.15) is 0 Å². The second-order valence-electron chi connectivity index (χ2n) is 10.0. The summed E-state index contributed by atoms with van der Waals surface area (Å²) in [6.07, 6.45) is 7.44. The number of aliphatic hydroxyl groups excluding tert-OH is 1. The number of likely N-dealkylation sites (N-methyl/N-ethyl adjacent to an activating group) is 1. The number of aliphatic hydroxyl groups is 1. The maximum Gasteiger partial charge on any atom is 0.242 e. The lowest BCUT2D eigenvalue weighted by Crippen LogP contribution is -2.45. The molecule has 4 heterocycles. The Morgan fingerprint density at radius 3 is 2.78 bits per heavy atom. The van der Waals surface area contributed by atoms with Crippen LogP contribution in [0.5, 0.6) is 0 Å². The molecule has 7 heteroatoms. The Hall–Kier alpha value is -3.71. The first-order chi connectivity index (χ1) is 17.6. The molecular formula is C29H31N5O2. The lowest BCUT2D eigenvalue weighted by Gasteiger charge is -2.36. The zero-order chi connectivity index (χ0) is 24.6. The van der Waals surface area contributed by atoms with E-state index in [1.54, 1.807) is 6.20 Å². The van der Waals surface area contributed by atoms with Crippen LogP contribution in [0.15, 0.2) is 73.3 Å². The molecule has 184 valence electrons. The van der Waals surface area contributed by atoms with E-state index in [1.165, 1.54) is 11.1 Å². The normalized spacial score (nSPS) is 18.2. The summed E-state index contributed by atoms with van der Waals surface area (Å²) in [4.78, 5) is 25.9. The predicted octanol–water partition coefficient (Wildman–Crippen LogP) is 4.13. The minimum atomic E-state index is -0.418. The molecule has 6 rings (SSSR count). The van der Waals surface area contributed by atoms with Gasteiger partial charge in [0.25, 0.3) is 0 Å². The molecule has 2 aromatic heterocycles. The van der Waals surface area contributed by atoms with Gasteiger partial charge in [-0.25, -0.2) is 4.98 Å². The van der Waals surface area contributed by atoms with Crippen LogP contribution >= 0.6 is 0 Å². The number of rotatable bonds is 6. The molecular weight excluding hydrogens is 450 g/mol. The standard InChI is InChI=1S/C29H31N5O2/c1-32(24-10-4-6-21-7-5-13-31-29(21)24)18-28(36)33-14-11-20(12-15-33)27(35)16-25-22-8-2-3-9-23(22)26-17-30-19-34(25)26/h2-10,13,17,19-20,25,27,35H,11-12,14-16,18H2,1H3. The van der Waals surface area contributed by atoms with Crippen LogP contribution in [0.25, 0.3) is 22.2 Å². The van der Waals surface area contributed by atoms with Crippen LogP contribution in [0.4, 0.5) is 5.69 Å². The number of aromatic nitrogens is 3. The highest BCUT2D eigenvalue weighted by Gasteiger charge is 2.34. The Morgan fingerprint density at radius 1 is 1.11 bits per heavy atom. The molecule has 1 amide bonds. The van der Waals surface area contributed by atoms with Crippen LogP contribution in [-0.2, 0) is 4.79 Å². The number of nitrogens with zero attached hydrogens (tertiary/aromatic N) is 5. The maximum absolute atomic E-state index is 13.1. The molecule has 1 N–H and O–H groups in total. The van der Waals surface area contributed by atoms with E-state index in [9.17, 15) is 9.90 Å². The lowest BCUT2D eigenvalue weighted by molar-refractivity contribution is -0.131. The molecule has 0 bridgehead atoms. The molecule has 2 aliphatic heterocycles. The first-order valence-electron chi connectivity index (χ1n) is 12.7. The van der Waals surface area contributed by atoms with Gasteiger partial charge < -0.3 is 19.5 Å². The van der Waals surface area contributed by atoms with Gasteiger partial charge in [0, 0.05) is 37.3 Å². The molecule has 2 aromatic carbocycles. The van der Waals surface area contributed by atoms with Gasteiger partial charge >= 0.3 is 0 Å². The lowest BCUT2D eigenvalue weighted by atomic mass is 9.86. The van der Waals surface area contributed by atoms with Crippen molar-refractivity contribution < 1.29 is 9.90 Å². The number of amides is 1. The van der Waals surface area contributed by atoms with Gasteiger partial charge in [0.15, 0.2) is 0 Å². The highest BCUT2D eigenvalue weighted by molar-refractivity contribution is 5.92. The fourth-order valence-corrected chi connectivity index (χ4v) is 5.91. The van der Waals surface area contributed by atoms with E-state index in [0.29, 0.717) is 26.1 Å². The number of carbonyl (C=O) groups excluding carboxylic acids is 1. The number of hydrogen-bond donors (Lipinski definition) is 1. The molecule has 36 heavy (non-hydrogen) atoms. The van der Waals surface area contributed by atoms with Crippen molar-refractivity contribution in [1.29, 1.82) is 0 Å². The van der Waals surface area contributed by atoms with Crippen molar-refractivity contribution in [2.75, 3.05) is 31.6 Å². The molecule has 0 aliphatic carbocycles. The third-order valence-electron chi connectivity index (χ3n) is 7.89. The Balaban J connectivity index is 1.06. The second kappa shape index (κ2) is 9.39. The summed E-state index contributed by atoms with van der Waals surface area (Å²) >= 11 is 0. The summed E-state index contributed by atoms with van der Waals surface area (Å²) in [6, 6.07) is 18.5. The summed E-state index contributed by atoms with van der Waals surface area (Å²) in [6.45, 7) is 1.67. The fraction of sp³-hybridized carbons (Fsp3) is 0.345. The van der Waals surface area contributed by atoms with E-state index >= 15 is 0 Å². The van der Waals surface area contributed by atoms with Crippen molar-refractivity contribution in [1.82, 2.24) is 19.4 Å². The Morgan fingerprint density at radius 2 is 1.92 bits per heavy atom. The van der Waals surface area contributed by atoms with Gasteiger partial charge in [0.2, 0.25) is 5.91 Å². The minimum absolute atomic E-state index is 0.108. The Kier molecular flexibility index (Phi) is 5.93. The average molecular weight is 482 g/mol. The summed E-state index contributed by atoms with van der Waals surface area (Å²) in [7, 11) is 1.95. The molecule has 4 aromatic rings. The number of anilines is 1. The summed E-state index contributed by atoms with van der Waals surface area (Å²) < 4.78 is 2.19. The summed E-state index contributed by atoms with van der Waals surface area (Å²) in [5.41, 5.74) is 5.45. The van der Waals surface area contributed by atoms with Crippen LogP contribution in [0, 0.1) is 5.92 Å². The summed E-state index contributed by atoms with van der Waals surface area (Å²) in [5.74, 6) is 0.305. The van der Waals surface area contributed by atoms with E-state index in [0.717, 1.165) is 35.1 Å². The van der Waals surface area contributed by atoms with E-state index in [4.69, 9.17) is 0 Å². The highest BCUT2D eigenvalue weighted by Crippen LogP contribution is 2.42. The Labute approximate surface area is 211 Å². The molecule has 0 radical (unpaired) electrons. The minimum Gasteiger partial charge on any atom is -0.393 e. The number of para-hydroxylation sites is 1. The molecule has 2 atom stereocenters. The van der Waals surface area contributed by atoms with Crippen molar-refractivity contribution in [2.24, 2.45) is 5.92 Å². The maximum atomic E-state index is 13.1. The van der Waals surface area contributed by atoms with E-state index in [2.05, 4.69) is 38.8 Å². The van der Waals surface area contributed by atoms with E-state index < -0.39 is 6.10 Å². The molecule has 7 nitrogen and oxygen atoms in total. The number of pyridine rings is 1. The number of carbonyl (C=O) groups is 1. The zero-order valence-electron chi connectivity index (χ0n) is 20.5. The van der Waals surface area contributed by atoms with E-state index in [-0.39, 0.29) is 17.9 Å². The monoisotopic (exact) mass is 481 g/mol. The van der Waals surface area contributed by atoms with Crippen LogP contribution in [0.1, 0.15) is 30.9 Å².